The van der Waals surface area contributed by atoms with Gasteiger partial charge in [-0.15, -0.1) is 3.94 Å². The molecule has 0 heterocycles. The molecule has 116 valence electrons. The van der Waals surface area contributed by atoms with E-state index in [9.17, 15) is 8.42 Å². The van der Waals surface area contributed by atoms with E-state index in [4.69, 9.17) is 33.0 Å². The Balaban J connectivity index is 3.87. The van der Waals surface area contributed by atoms with Gasteiger partial charge in [-0.05, 0) is 50.7 Å². The zero-order valence-corrected chi connectivity index (χ0v) is 14.0. The number of ether oxygens (including phenoxy) is 2. The molecule has 0 bridgehead atoms. The highest BCUT2D eigenvalue weighted by Gasteiger charge is 2.26. The van der Waals surface area contributed by atoms with Crippen molar-refractivity contribution in [3.63, 3.8) is 0 Å². The molecule has 0 unspecified atom stereocenters. The molecule has 0 saturated heterocycles. The van der Waals surface area contributed by atoms with E-state index >= 15 is 0 Å². The molecule has 0 spiro atoms. The largest absolute Gasteiger partial charge is 0.379 e. The molecule has 0 N–H and O–H groups in total. The number of hydrogen-bond acceptors (Lipinski definition) is 5. The summed E-state index contributed by atoms with van der Waals surface area (Å²) in [4.78, 5) is 0. The Labute approximate surface area is 126 Å². The Morgan fingerprint density at radius 2 is 1.63 bits per heavy atom. The van der Waals surface area contributed by atoms with Gasteiger partial charge in [-0.25, -0.2) is 8.42 Å². The summed E-state index contributed by atoms with van der Waals surface area (Å²) in [7, 11) is -3.15. The summed E-state index contributed by atoms with van der Waals surface area (Å²) < 4.78 is 34.8. The highest BCUT2D eigenvalue weighted by atomic mass is 35.5. The van der Waals surface area contributed by atoms with E-state index in [0.717, 1.165) is 3.94 Å². The summed E-state index contributed by atoms with van der Waals surface area (Å²) in [6.07, 6.45) is 0.362. The second-order valence-corrected chi connectivity index (χ2v) is 7.91. The molecule has 0 radical (unpaired) electrons. The summed E-state index contributed by atoms with van der Waals surface area (Å²) in [5, 5.41) is 0. The maximum absolute atomic E-state index is 11.8. The van der Waals surface area contributed by atoms with Gasteiger partial charge in [-0.3, -0.25) is 0 Å². The second-order valence-electron chi connectivity index (χ2n) is 4.76. The Morgan fingerprint density at radius 3 is 2.16 bits per heavy atom. The van der Waals surface area contributed by atoms with E-state index in [2.05, 4.69) is 0 Å². The van der Waals surface area contributed by atoms with Crippen molar-refractivity contribution in [1.82, 2.24) is 3.94 Å². The number of halogens is 2. The normalized spacial score (nSPS) is 13.2. The minimum atomic E-state index is -3.15. The molecular weight excluding hydrogens is 313 g/mol. The van der Waals surface area contributed by atoms with Crippen LogP contribution in [0, 0.1) is 0 Å². The first kappa shape index (κ1) is 19.4. The minimum absolute atomic E-state index is 0.000222. The molecule has 0 aliphatic rings. The Hall–Kier alpha value is 0.410. The quantitative estimate of drug-likeness (QED) is 0.428. The van der Waals surface area contributed by atoms with Gasteiger partial charge in [0.2, 0.25) is 0 Å². The Kier molecular flexibility index (Phi) is 9.57. The van der Waals surface area contributed by atoms with Gasteiger partial charge in [0.25, 0.3) is 0 Å². The SMILES string of the molecule is CCOCCOCCS(=O)(=O)CCC(C)(C)N(Cl)Cl. The van der Waals surface area contributed by atoms with Gasteiger partial charge < -0.3 is 9.47 Å². The lowest BCUT2D eigenvalue weighted by atomic mass is 10.0. The van der Waals surface area contributed by atoms with Crippen LogP contribution in [-0.4, -0.2) is 55.8 Å². The molecule has 0 aromatic carbocycles. The van der Waals surface area contributed by atoms with E-state index < -0.39 is 15.4 Å². The molecule has 0 saturated carbocycles. The smallest absolute Gasteiger partial charge is 0.152 e. The highest BCUT2D eigenvalue weighted by Crippen LogP contribution is 2.24. The van der Waals surface area contributed by atoms with E-state index in [1.807, 2.05) is 6.92 Å². The van der Waals surface area contributed by atoms with Crippen molar-refractivity contribution in [2.45, 2.75) is 32.7 Å². The lowest BCUT2D eigenvalue weighted by molar-refractivity contribution is 0.0590. The predicted molar refractivity (Wildman–Crippen MR) is 78.2 cm³/mol. The van der Waals surface area contributed by atoms with Crippen molar-refractivity contribution < 1.29 is 17.9 Å². The molecule has 0 aromatic rings. The molecule has 0 aliphatic carbocycles. The summed E-state index contributed by atoms with van der Waals surface area (Å²) in [5.74, 6) is 0.0323. The fraction of sp³-hybridized carbons (Fsp3) is 1.00. The number of hydrogen-bond donors (Lipinski definition) is 0. The molecule has 0 atom stereocenters. The lowest BCUT2D eigenvalue weighted by Crippen LogP contribution is -2.34. The second kappa shape index (κ2) is 9.37. The van der Waals surface area contributed by atoms with Crippen LogP contribution in [0.5, 0.6) is 0 Å². The predicted octanol–water partition coefficient (Wildman–Crippen LogP) is 2.23. The first-order valence-electron chi connectivity index (χ1n) is 6.19. The Bertz CT molecular complexity index is 334. The molecular formula is C11H23Cl2NO4S. The fourth-order valence-electron chi connectivity index (χ4n) is 1.14. The third kappa shape index (κ3) is 9.87. The van der Waals surface area contributed by atoms with Crippen molar-refractivity contribution in [1.29, 1.82) is 0 Å². The lowest BCUT2D eigenvalue weighted by Gasteiger charge is -2.27. The number of rotatable bonds is 11. The zero-order valence-electron chi connectivity index (χ0n) is 11.7. The van der Waals surface area contributed by atoms with Crippen LogP contribution in [0.25, 0.3) is 0 Å². The van der Waals surface area contributed by atoms with Crippen molar-refractivity contribution in [2.24, 2.45) is 0 Å². The van der Waals surface area contributed by atoms with E-state index in [1.165, 1.54) is 0 Å². The van der Waals surface area contributed by atoms with Gasteiger partial charge in [0.15, 0.2) is 9.84 Å². The summed E-state index contributed by atoms with van der Waals surface area (Å²) in [6, 6.07) is 0. The first-order valence-corrected chi connectivity index (χ1v) is 8.69. The van der Waals surface area contributed by atoms with Crippen LogP contribution in [-0.2, 0) is 19.3 Å². The van der Waals surface area contributed by atoms with E-state index in [0.29, 0.717) is 26.2 Å². The van der Waals surface area contributed by atoms with Crippen molar-refractivity contribution >= 4 is 33.4 Å². The highest BCUT2D eigenvalue weighted by molar-refractivity contribution is 7.91. The molecule has 8 heteroatoms. The van der Waals surface area contributed by atoms with Crippen molar-refractivity contribution in [3.05, 3.63) is 0 Å². The average Bonchev–Trinajstić information content (AvgIpc) is 2.31. The van der Waals surface area contributed by atoms with Gasteiger partial charge in [-0.1, -0.05) is 0 Å². The summed E-state index contributed by atoms with van der Waals surface area (Å²) in [5.41, 5.74) is -0.577. The van der Waals surface area contributed by atoms with Gasteiger partial charge in [0, 0.05) is 12.1 Å². The van der Waals surface area contributed by atoms with Crippen LogP contribution in [0.1, 0.15) is 27.2 Å². The molecule has 0 amide bonds. The third-order valence-electron chi connectivity index (χ3n) is 2.60. The fourth-order valence-corrected chi connectivity index (χ4v) is 2.70. The monoisotopic (exact) mass is 335 g/mol. The molecule has 0 aliphatic heterocycles. The maximum Gasteiger partial charge on any atom is 0.152 e. The Morgan fingerprint density at radius 1 is 1.05 bits per heavy atom. The number of sulfone groups is 1. The maximum atomic E-state index is 11.8. The zero-order chi connectivity index (χ0) is 14.9. The van der Waals surface area contributed by atoms with Crippen LogP contribution in [0.15, 0.2) is 0 Å². The van der Waals surface area contributed by atoms with Crippen LogP contribution >= 0.6 is 23.6 Å². The molecule has 0 fully saturated rings. The van der Waals surface area contributed by atoms with E-state index in [-0.39, 0.29) is 18.1 Å². The van der Waals surface area contributed by atoms with Crippen LogP contribution in [0.2, 0.25) is 0 Å². The first-order chi connectivity index (χ1) is 8.71. The van der Waals surface area contributed by atoms with E-state index in [1.54, 1.807) is 13.8 Å². The molecule has 5 nitrogen and oxygen atoms in total. The summed E-state index contributed by atoms with van der Waals surface area (Å²) >= 11 is 11.3. The van der Waals surface area contributed by atoms with Crippen molar-refractivity contribution in [2.75, 3.05) is 37.9 Å². The minimum Gasteiger partial charge on any atom is -0.379 e. The topological polar surface area (TPSA) is 55.8 Å². The van der Waals surface area contributed by atoms with Gasteiger partial charge in [0.05, 0.1) is 31.3 Å². The van der Waals surface area contributed by atoms with Crippen LogP contribution in [0.3, 0.4) is 0 Å². The summed E-state index contributed by atoms with van der Waals surface area (Å²) in [6.45, 7) is 7.15. The third-order valence-corrected chi connectivity index (χ3v) is 5.13. The molecule has 0 rings (SSSR count). The van der Waals surface area contributed by atoms with Gasteiger partial charge >= 0.3 is 0 Å². The average molecular weight is 336 g/mol. The van der Waals surface area contributed by atoms with Crippen LogP contribution < -0.4 is 0 Å². The van der Waals surface area contributed by atoms with Crippen molar-refractivity contribution in [3.8, 4) is 0 Å². The standard InChI is InChI=1S/C11H23Cl2NO4S/c1-4-17-6-7-18-8-10-19(15,16)9-5-11(2,3)14(12)13/h4-10H2,1-3H3. The van der Waals surface area contributed by atoms with Gasteiger partial charge in [0.1, 0.15) is 0 Å². The van der Waals surface area contributed by atoms with Gasteiger partial charge in [-0.2, -0.15) is 0 Å². The molecule has 19 heavy (non-hydrogen) atoms. The molecule has 0 aromatic heterocycles. The number of nitrogens with zero attached hydrogens (tertiary/aromatic N) is 1. The van der Waals surface area contributed by atoms with Crippen LogP contribution in [0.4, 0.5) is 0 Å².